The van der Waals surface area contributed by atoms with E-state index < -0.39 is 10.0 Å². The van der Waals surface area contributed by atoms with E-state index in [9.17, 15) is 8.42 Å². The Hall–Kier alpha value is -0.170. The molecule has 1 saturated carbocycles. The monoisotopic (exact) mass is 248 g/mol. The largest absolute Gasteiger partial charge is 0.381 e. The van der Waals surface area contributed by atoms with Gasteiger partial charge in [-0.25, -0.2) is 13.1 Å². The summed E-state index contributed by atoms with van der Waals surface area (Å²) in [7, 11) is -3.19. The van der Waals surface area contributed by atoms with Gasteiger partial charge in [0, 0.05) is 25.8 Å². The Morgan fingerprint density at radius 1 is 1.25 bits per heavy atom. The van der Waals surface area contributed by atoms with Crippen molar-refractivity contribution in [2.24, 2.45) is 11.7 Å². The van der Waals surface area contributed by atoms with Crippen molar-refractivity contribution in [3.63, 3.8) is 0 Å². The van der Waals surface area contributed by atoms with Crippen LogP contribution in [0.15, 0.2) is 0 Å². The molecular weight excluding hydrogens is 228 g/mol. The van der Waals surface area contributed by atoms with Gasteiger partial charge in [0.05, 0.1) is 5.25 Å². The van der Waals surface area contributed by atoms with Crippen LogP contribution >= 0.6 is 0 Å². The topological polar surface area (TPSA) is 81.4 Å². The molecule has 1 aliphatic heterocycles. The molecule has 1 heterocycles. The minimum absolute atomic E-state index is 0.0189. The van der Waals surface area contributed by atoms with E-state index in [4.69, 9.17) is 10.5 Å². The van der Waals surface area contributed by atoms with Gasteiger partial charge in [0.15, 0.2) is 0 Å². The molecular formula is C10H20N2O3S. The van der Waals surface area contributed by atoms with Gasteiger partial charge in [-0.05, 0) is 31.6 Å². The minimum Gasteiger partial charge on any atom is -0.381 e. The van der Waals surface area contributed by atoms with Crippen LogP contribution in [0.25, 0.3) is 0 Å². The van der Waals surface area contributed by atoms with Crippen LogP contribution in [-0.4, -0.2) is 39.5 Å². The molecule has 1 unspecified atom stereocenters. The van der Waals surface area contributed by atoms with Gasteiger partial charge in [0.25, 0.3) is 0 Å². The summed E-state index contributed by atoms with van der Waals surface area (Å²) in [5.41, 5.74) is 5.86. The first-order valence-electron chi connectivity index (χ1n) is 5.91. The van der Waals surface area contributed by atoms with E-state index in [0.717, 1.165) is 12.8 Å². The van der Waals surface area contributed by atoms with Crippen molar-refractivity contribution in [2.45, 2.75) is 37.0 Å². The molecule has 2 aliphatic rings. The zero-order valence-electron chi connectivity index (χ0n) is 9.39. The molecule has 2 fully saturated rings. The highest BCUT2D eigenvalue weighted by Crippen LogP contribution is 2.31. The van der Waals surface area contributed by atoms with Crippen molar-refractivity contribution in [2.75, 3.05) is 19.8 Å². The smallest absolute Gasteiger partial charge is 0.214 e. The van der Waals surface area contributed by atoms with Gasteiger partial charge in [-0.1, -0.05) is 0 Å². The average molecular weight is 248 g/mol. The fourth-order valence-electron chi connectivity index (χ4n) is 2.01. The van der Waals surface area contributed by atoms with Crippen LogP contribution < -0.4 is 10.5 Å². The molecule has 0 bridgehead atoms. The Bertz CT molecular complexity index is 321. The number of hydrogen-bond acceptors (Lipinski definition) is 4. The normalized spacial score (nSPS) is 25.6. The lowest BCUT2D eigenvalue weighted by atomic mass is 10.2. The number of nitrogens with two attached hydrogens (primary N) is 1. The maximum Gasteiger partial charge on any atom is 0.214 e. The van der Waals surface area contributed by atoms with Crippen molar-refractivity contribution in [1.29, 1.82) is 0 Å². The molecule has 2 rings (SSSR count). The second-order valence-electron chi connectivity index (χ2n) is 4.71. The van der Waals surface area contributed by atoms with Crippen molar-refractivity contribution in [3.05, 3.63) is 0 Å². The number of nitrogens with one attached hydrogen (secondary N) is 1. The molecule has 0 aromatic carbocycles. The summed E-state index contributed by atoms with van der Waals surface area (Å²) in [6.45, 7) is 1.46. The van der Waals surface area contributed by atoms with Crippen LogP contribution in [0, 0.1) is 5.92 Å². The van der Waals surface area contributed by atoms with E-state index in [0.29, 0.717) is 38.5 Å². The minimum atomic E-state index is -3.19. The molecule has 5 nitrogen and oxygen atoms in total. The Morgan fingerprint density at radius 3 is 2.44 bits per heavy atom. The quantitative estimate of drug-likeness (QED) is 0.707. The van der Waals surface area contributed by atoms with E-state index in [1.165, 1.54) is 0 Å². The molecule has 6 heteroatoms. The third kappa shape index (κ3) is 3.16. The standard InChI is InChI=1S/C10H20N2O3S/c11-10(8-1-2-8)7-12-16(13,14)9-3-5-15-6-4-9/h8-10,12H,1-7,11H2. The summed E-state index contributed by atoms with van der Waals surface area (Å²) in [6.07, 6.45) is 3.46. The lowest BCUT2D eigenvalue weighted by Crippen LogP contribution is -2.44. The van der Waals surface area contributed by atoms with E-state index in [2.05, 4.69) is 4.72 Å². The number of rotatable bonds is 5. The molecule has 0 amide bonds. The molecule has 94 valence electrons. The molecule has 3 N–H and O–H groups in total. The van der Waals surface area contributed by atoms with Crippen LogP contribution in [0.5, 0.6) is 0 Å². The maximum atomic E-state index is 11.9. The highest BCUT2D eigenvalue weighted by atomic mass is 32.2. The molecule has 0 aromatic heterocycles. The van der Waals surface area contributed by atoms with Gasteiger partial charge in [-0.2, -0.15) is 0 Å². The van der Waals surface area contributed by atoms with Crippen LogP contribution in [0.2, 0.25) is 0 Å². The molecule has 16 heavy (non-hydrogen) atoms. The summed E-state index contributed by atoms with van der Waals surface area (Å²) in [5.74, 6) is 0.525. The van der Waals surface area contributed by atoms with Gasteiger partial charge in [0.1, 0.15) is 0 Å². The lowest BCUT2D eigenvalue weighted by Gasteiger charge is -2.23. The first kappa shape index (κ1) is 12.3. The van der Waals surface area contributed by atoms with Gasteiger partial charge < -0.3 is 10.5 Å². The van der Waals surface area contributed by atoms with E-state index in [1.54, 1.807) is 0 Å². The lowest BCUT2D eigenvalue weighted by molar-refractivity contribution is 0.0981. The highest BCUT2D eigenvalue weighted by Gasteiger charge is 2.31. The van der Waals surface area contributed by atoms with Crippen molar-refractivity contribution in [3.8, 4) is 0 Å². The molecule has 0 radical (unpaired) electrons. The predicted molar refractivity (Wildman–Crippen MR) is 61.5 cm³/mol. The van der Waals surface area contributed by atoms with Crippen molar-refractivity contribution >= 4 is 10.0 Å². The predicted octanol–water partition coefficient (Wildman–Crippen LogP) is -0.178. The van der Waals surface area contributed by atoms with E-state index in [1.807, 2.05) is 0 Å². The van der Waals surface area contributed by atoms with E-state index >= 15 is 0 Å². The SMILES string of the molecule is NC(CNS(=O)(=O)C1CCOCC1)C1CC1. The van der Waals surface area contributed by atoms with Gasteiger partial charge in [0.2, 0.25) is 10.0 Å². The molecule has 1 atom stereocenters. The fourth-order valence-corrected chi connectivity index (χ4v) is 3.48. The van der Waals surface area contributed by atoms with Gasteiger partial charge in [-0.3, -0.25) is 0 Å². The summed E-state index contributed by atoms with van der Waals surface area (Å²) in [4.78, 5) is 0. The molecule has 0 aromatic rings. The fraction of sp³-hybridized carbons (Fsp3) is 1.00. The van der Waals surface area contributed by atoms with Gasteiger partial charge >= 0.3 is 0 Å². The second kappa shape index (κ2) is 5.00. The average Bonchev–Trinajstić information content (AvgIpc) is 3.11. The Kier molecular flexibility index (Phi) is 3.84. The van der Waals surface area contributed by atoms with Crippen LogP contribution in [0.3, 0.4) is 0 Å². The summed E-state index contributed by atoms with van der Waals surface area (Å²) >= 11 is 0. The number of hydrogen-bond donors (Lipinski definition) is 2. The van der Waals surface area contributed by atoms with Crippen LogP contribution in [0.1, 0.15) is 25.7 Å². The Balaban J connectivity index is 1.81. The zero-order chi connectivity index (χ0) is 11.6. The highest BCUT2D eigenvalue weighted by molar-refractivity contribution is 7.90. The Morgan fingerprint density at radius 2 is 1.88 bits per heavy atom. The third-order valence-electron chi connectivity index (χ3n) is 3.35. The second-order valence-corrected chi connectivity index (χ2v) is 6.75. The van der Waals surface area contributed by atoms with E-state index in [-0.39, 0.29) is 11.3 Å². The van der Waals surface area contributed by atoms with Crippen molar-refractivity contribution < 1.29 is 13.2 Å². The third-order valence-corrected chi connectivity index (χ3v) is 5.27. The molecule has 1 saturated heterocycles. The summed E-state index contributed by atoms with van der Waals surface area (Å²) in [6, 6.07) is -0.0189. The molecule has 1 aliphatic carbocycles. The van der Waals surface area contributed by atoms with Crippen LogP contribution in [-0.2, 0) is 14.8 Å². The summed E-state index contributed by atoms with van der Waals surface area (Å²) < 4.78 is 31.6. The van der Waals surface area contributed by atoms with Gasteiger partial charge in [-0.15, -0.1) is 0 Å². The summed E-state index contributed by atoms with van der Waals surface area (Å²) in [5, 5.41) is -0.298. The Labute approximate surface area is 96.8 Å². The first-order chi connectivity index (χ1) is 7.59. The number of ether oxygens (including phenoxy) is 1. The molecule has 0 spiro atoms. The maximum absolute atomic E-state index is 11.9. The first-order valence-corrected chi connectivity index (χ1v) is 7.46. The van der Waals surface area contributed by atoms with Crippen LogP contribution in [0.4, 0.5) is 0 Å². The van der Waals surface area contributed by atoms with Crippen molar-refractivity contribution in [1.82, 2.24) is 4.72 Å². The zero-order valence-corrected chi connectivity index (χ0v) is 10.2. The number of sulfonamides is 1.